The molecule has 2 aromatic carbocycles. The molecule has 0 spiro atoms. The van der Waals surface area contributed by atoms with Crippen LogP contribution in [0.1, 0.15) is 12.0 Å². The number of anilines is 1. The van der Waals surface area contributed by atoms with E-state index in [0.717, 1.165) is 21.4 Å². The number of imide groups is 1. The second-order valence-corrected chi connectivity index (χ2v) is 7.40. The Kier molecular flexibility index (Phi) is 5.99. The molecule has 1 fully saturated rings. The van der Waals surface area contributed by atoms with E-state index in [-0.39, 0.29) is 18.9 Å². The number of urea groups is 1. The minimum atomic E-state index is -0.873. The zero-order valence-electron chi connectivity index (χ0n) is 17.2. The molecule has 4 rings (SSSR count). The van der Waals surface area contributed by atoms with Gasteiger partial charge in [0.1, 0.15) is 6.04 Å². The lowest BCUT2D eigenvalue weighted by atomic mass is 10.1. The van der Waals surface area contributed by atoms with Crippen LogP contribution in [0.4, 0.5) is 10.5 Å². The molecule has 8 heteroatoms. The lowest BCUT2D eigenvalue weighted by Crippen LogP contribution is -2.34. The first-order chi connectivity index (χ1) is 15.1. The van der Waals surface area contributed by atoms with Crippen molar-refractivity contribution in [3.05, 3.63) is 66.4 Å². The maximum atomic E-state index is 12.7. The van der Waals surface area contributed by atoms with E-state index in [0.29, 0.717) is 18.8 Å². The zero-order valence-corrected chi connectivity index (χ0v) is 17.2. The number of fused-ring (bicyclic) bond motifs is 1. The Hall–Kier alpha value is -3.65. The summed E-state index contributed by atoms with van der Waals surface area (Å²) in [4.78, 5) is 38.7. The van der Waals surface area contributed by atoms with Gasteiger partial charge in [0.15, 0.2) is 0 Å². The van der Waals surface area contributed by atoms with Gasteiger partial charge in [0.2, 0.25) is 5.91 Å². The number of carbonyl (C=O) groups is 3. The number of benzene rings is 2. The van der Waals surface area contributed by atoms with Crippen molar-refractivity contribution in [3.8, 4) is 0 Å². The van der Waals surface area contributed by atoms with E-state index < -0.39 is 18.0 Å². The molecule has 0 radical (unpaired) electrons. The summed E-state index contributed by atoms with van der Waals surface area (Å²) in [6, 6.07) is 15.5. The predicted molar refractivity (Wildman–Crippen MR) is 116 cm³/mol. The lowest BCUT2D eigenvalue weighted by molar-refractivity contribution is -0.130. The normalized spacial score (nSPS) is 16.0. The van der Waals surface area contributed by atoms with E-state index >= 15 is 0 Å². The minimum absolute atomic E-state index is 0.128. The molecule has 2 N–H and O–H groups in total. The van der Waals surface area contributed by atoms with E-state index in [1.54, 1.807) is 7.11 Å². The Balaban J connectivity index is 1.41. The van der Waals surface area contributed by atoms with Gasteiger partial charge >= 0.3 is 6.03 Å². The quantitative estimate of drug-likeness (QED) is 0.548. The molecule has 1 aromatic heterocycles. The number of methoxy groups -OCH3 is 1. The highest BCUT2D eigenvalue weighted by atomic mass is 16.5. The molecule has 0 aliphatic carbocycles. The van der Waals surface area contributed by atoms with Gasteiger partial charge in [0.25, 0.3) is 5.91 Å². The highest BCUT2D eigenvalue weighted by molar-refractivity contribution is 6.08. The molecule has 0 bridgehead atoms. The van der Waals surface area contributed by atoms with E-state index in [2.05, 4.69) is 15.2 Å². The molecule has 0 unspecified atom stereocenters. The number of nitrogens with one attached hydrogen (secondary N) is 2. The molecule has 1 aliphatic heterocycles. The number of amides is 4. The van der Waals surface area contributed by atoms with Crippen molar-refractivity contribution < 1.29 is 19.1 Å². The van der Waals surface area contributed by atoms with Crippen LogP contribution in [0.2, 0.25) is 0 Å². The van der Waals surface area contributed by atoms with E-state index in [9.17, 15) is 14.4 Å². The predicted octanol–water partition coefficient (Wildman–Crippen LogP) is 2.74. The first kappa shape index (κ1) is 20.6. The molecule has 160 valence electrons. The van der Waals surface area contributed by atoms with Crippen LogP contribution in [0.15, 0.2) is 60.8 Å². The Morgan fingerprint density at radius 2 is 1.90 bits per heavy atom. The van der Waals surface area contributed by atoms with Crippen LogP contribution in [0.25, 0.3) is 10.9 Å². The summed E-state index contributed by atoms with van der Waals surface area (Å²) >= 11 is 0. The lowest BCUT2D eigenvalue weighted by Gasteiger charge is -2.13. The summed E-state index contributed by atoms with van der Waals surface area (Å²) < 4.78 is 7.19. The molecule has 31 heavy (non-hydrogen) atoms. The summed E-state index contributed by atoms with van der Waals surface area (Å²) in [5, 5.41) is 6.39. The van der Waals surface area contributed by atoms with Gasteiger partial charge in [-0.25, -0.2) is 4.79 Å². The minimum Gasteiger partial charge on any atom is -0.383 e. The van der Waals surface area contributed by atoms with Crippen LogP contribution in [0.3, 0.4) is 0 Å². The van der Waals surface area contributed by atoms with Gasteiger partial charge in [-0.05, 0) is 23.8 Å². The van der Waals surface area contributed by atoms with Crippen molar-refractivity contribution in [2.45, 2.75) is 25.6 Å². The number of aromatic nitrogens is 1. The molecular formula is C23H24N4O4. The van der Waals surface area contributed by atoms with Gasteiger partial charge < -0.3 is 19.9 Å². The average molecular weight is 420 g/mol. The number of rotatable bonds is 8. The van der Waals surface area contributed by atoms with Crippen LogP contribution in [0, 0.1) is 0 Å². The van der Waals surface area contributed by atoms with Crippen molar-refractivity contribution in [3.63, 3.8) is 0 Å². The van der Waals surface area contributed by atoms with Crippen molar-refractivity contribution in [1.29, 1.82) is 0 Å². The number of hydrogen-bond donors (Lipinski definition) is 2. The van der Waals surface area contributed by atoms with Gasteiger partial charge in [-0.2, -0.15) is 0 Å². The first-order valence-electron chi connectivity index (χ1n) is 10.1. The Morgan fingerprint density at radius 3 is 2.68 bits per heavy atom. The SMILES string of the molecule is COCCn1ccc2c(NC(=O)C[C@H]3NC(=O)N(Cc4ccccc4)C3=O)cccc21. The van der Waals surface area contributed by atoms with Crippen LogP contribution in [-0.4, -0.2) is 47.1 Å². The summed E-state index contributed by atoms with van der Waals surface area (Å²) in [5.74, 6) is -0.731. The van der Waals surface area contributed by atoms with Gasteiger partial charge in [-0.1, -0.05) is 36.4 Å². The molecule has 1 saturated heterocycles. The summed E-state index contributed by atoms with van der Waals surface area (Å²) in [7, 11) is 1.65. The number of ether oxygens (including phenoxy) is 1. The third-order valence-electron chi connectivity index (χ3n) is 5.30. The van der Waals surface area contributed by atoms with E-state index in [1.807, 2.05) is 60.8 Å². The molecule has 4 amide bonds. The van der Waals surface area contributed by atoms with Crippen molar-refractivity contribution >= 4 is 34.4 Å². The van der Waals surface area contributed by atoms with E-state index in [1.165, 1.54) is 0 Å². The van der Waals surface area contributed by atoms with E-state index in [4.69, 9.17) is 4.74 Å². The second kappa shape index (κ2) is 9.01. The van der Waals surface area contributed by atoms with Crippen molar-refractivity contribution in [2.24, 2.45) is 0 Å². The van der Waals surface area contributed by atoms with Gasteiger partial charge in [0, 0.05) is 25.2 Å². The zero-order chi connectivity index (χ0) is 21.8. The van der Waals surface area contributed by atoms with Crippen molar-refractivity contribution in [2.75, 3.05) is 19.0 Å². The molecular weight excluding hydrogens is 396 g/mol. The first-order valence-corrected chi connectivity index (χ1v) is 10.1. The molecule has 2 heterocycles. The summed E-state index contributed by atoms with van der Waals surface area (Å²) in [5.41, 5.74) is 2.49. The Labute approximate surface area is 179 Å². The maximum Gasteiger partial charge on any atom is 0.325 e. The topological polar surface area (TPSA) is 92.7 Å². The van der Waals surface area contributed by atoms with Gasteiger partial charge in [-0.3, -0.25) is 14.5 Å². The molecule has 1 atom stereocenters. The van der Waals surface area contributed by atoms with Gasteiger partial charge in [0.05, 0.1) is 30.8 Å². The standard InChI is InChI=1S/C23H24N4O4/c1-31-13-12-26-11-10-17-18(8-5-9-20(17)26)24-21(28)14-19-22(29)27(23(30)25-19)15-16-6-3-2-4-7-16/h2-11,19H,12-15H2,1H3,(H,24,28)(H,25,30)/t19-/m1/s1. The number of hydrogen-bond acceptors (Lipinski definition) is 4. The highest BCUT2D eigenvalue weighted by Crippen LogP contribution is 2.25. The Morgan fingerprint density at radius 1 is 1.10 bits per heavy atom. The fourth-order valence-electron chi connectivity index (χ4n) is 3.73. The second-order valence-electron chi connectivity index (χ2n) is 7.40. The van der Waals surface area contributed by atoms with Crippen molar-refractivity contribution in [1.82, 2.24) is 14.8 Å². The van der Waals surface area contributed by atoms with Crippen LogP contribution >= 0.6 is 0 Å². The summed E-state index contributed by atoms with van der Waals surface area (Å²) in [6.45, 7) is 1.47. The van der Waals surface area contributed by atoms with Gasteiger partial charge in [-0.15, -0.1) is 0 Å². The average Bonchev–Trinajstić information content (AvgIpc) is 3.30. The number of nitrogens with zero attached hydrogens (tertiary/aromatic N) is 2. The third-order valence-corrected chi connectivity index (χ3v) is 5.30. The van der Waals surface area contributed by atoms with Crippen LogP contribution in [-0.2, 0) is 27.4 Å². The molecule has 0 saturated carbocycles. The highest BCUT2D eigenvalue weighted by Gasteiger charge is 2.39. The third kappa shape index (κ3) is 4.44. The number of carbonyl (C=O) groups excluding carboxylic acids is 3. The molecule has 3 aromatic rings. The fourth-order valence-corrected chi connectivity index (χ4v) is 3.73. The molecule has 8 nitrogen and oxygen atoms in total. The van der Waals surface area contributed by atoms with Crippen LogP contribution < -0.4 is 10.6 Å². The largest absolute Gasteiger partial charge is 0.383 e. The Bertz CT molecular complexity index is 1110. The van der Waals surface area contributed by atoms with Crippen LogP contribution in [0.5, 0.6) is 0 Å². The smallest absolute Gasteiger partial charge is 0.325 e. The maximum absolute atomic E-state index is 12.7. The molecule has 1 aliphatic rings. The summed E-state index contributed by atoms with van der Waals surface area (Å²) in [6.07, 6.45) is 1.82. The fraction of sp³-hybridized carbons (Fsp3) is 0.261. The monoisotopic (exact) mass is 420 g/mol.